The normalized spacial score (nSPS) is 15.2. The van der Waals surface area contributed by atoms with E-state index in [0.29, 0.717) is 36.3 Å². The third-order valence-electron chi connectivity index (χ3n) is 4.09. The molecule has 1 aliphatic heterocycles. The van der Waals surface area contributed by atoms with E-state index in [1.54, 1.807) is 6.08 Å². The molecule has 1 aromatic heterocycles. The Balaban J connectivity index is 2.15. The Kier molecular flexibility index (Phi) is 5.80. The zero-order valence-corrected chi connectivity index (χ0v) is 14.6. The van der Waals surface area contributed by atoms with Gasteiger partial charge < -0.3 is 20.1 Å². The molecule has 25 heavy (non-hydrogen) atoms. The number of amides is 1. The number of ketones is 1. The van der Waals surface area contributed by atoms with Crippen LogP contribution >= 0.6 is 0 Å². The summed E-state index contributed by atoms with van der Waals surface area (Å²) in [4.78, 5) is 37.6. The lowest BCUT2D eigenvalue weighted by atomic mass is 10.0. The highest BCUT2D eigenvalue weighted by Crippen LogP contribution is 2.24. The Labute approximate surface area is 145 Å². The molecule has 1 amide bonds. The van der Waals surface area contributed by atoms with E-state index in [1.165, 1.54) is 13.2 Å². The van der Waals surface area contributed by atoms with Crippen molar-refractivity contribution in [2.24, 2.45) is 0 Å². The Morgan fingerprint density at radius 2 is 1.92 bits per heavy atom. The van der Waals surface area contributed by atoms with Gasteiger partial charge in [0.05, 0.1) is 12.8 Å². The summed E-state index contributed by atoms with van der Waals surface area (Å²) in [5, 5.41) is 11.3. The number of rotatable bonds is 8. The number of carboxylic acids is 1. The summed E-state index contributed by atoms with van der Waals surface area (Å²) in [6.07, 6.45) is 4.51. The van der Waals surface area contributed by atoms with Crippen LogP contribution in [0.4, 0.5) is 0 Å². The summed E-state index contributed by atoms with van der Waals surface area (Å²) < 4.78 is 5.16. The van der Waals surface area contributed by atoms with Crippen molar-refractivity contribution < 1.29 is 24.2 Å². The Morgan fingerprint density at radius 1 is 1.24 bits per heavy atom. The Bertz CT molecular complexity index is 771. The lowest BCUT2D eigenvalue weighted by Gasteiger charge is -2.04. The number of Topliss-reactive ketones (excluding diaryl/α,β-unsaturated/α-hetero) is 1. The van der Waals surface area contributed by atoms with Crippen molar-refractivity contribution in [3.8, 4) is 0 Å². The maximum Gasteiger partial charge on any atom is 0.303 e. The quantitative estimate of drug-likeness (QED) is 0.495. The molecule has 0 bridgehead atoms. The van der Waals surface area contributed by atoms with E-state index in [4.69, 9.17) is 9.84 Å². The van der Waals surface area contributed by atoms with Crippen LogP contribution in [0.1, 0.15) is 53.0 Å². The van der Waals surface area contributed by atoms with Crippen LogP contribution in [0.25, 0.3) is 6.08 Å². The van der Waals surface area contributed by atoms with Gasteiger partial charge in [0, 0.05) is 35.9 Å². The van der Waals surface area contributed by atoms with Gasteiger partial charge in [-0.1, -0.05) is 0 Å². The molecule has 134 valence electrons. The maximum atomic E-state index is 12.5. The molecule has 2 rings (SSSR count). The van der Waals surface area contributed by atoms with E-state index >= 15 is 0 Å². The summed E-state index contributed by atoms with van der Waals surface area (Å²) in [7, 11) is 1.48. The maximum absolute atomic E-state index is 12.5. The van der Waals surface area contributed by atoms with Gasteiger partial charge in [-0.05, 0) is 38.3 Å². The molecular weight excluding hydrogens is 324 g/mol. The van der Waals surface area contributed by atoms with Crippen LogP contribution < -0.4 is 5.32 Å². The third-order valence-corrected chi connectivity index (χ3v) is 4.09. The number of H-pyrrole nitrogens is 1. The highest BCUT2D eigenvalue weighted by Gasteiger charge is 2.21. The van der Waals surface area contributed by atoms with Crippen molar-refractivity contribution >= 4 is 23.7 Å². The highest BCUT2D eigenvalue weighted by atomic mass is 16.5. The van der Waals surface area contributed by atoms with Crippen molar-refractivity contribution in [2.45, 2.75) is 39.5 Å². The number of carbonyl (C=O) groups is 3. The molecule has 7 nitrogen and oxygen atoms in total. The average Bonchev–Trinajstić information content (AvgIpc) is 3.03. The van der Waals surface area contributed by atoms with Crippen LogP contribution in [0.15, 0.2) is 17.5 Å². The zero-order chi connectivity index (χ0) is 18.6. The molecule has 0 fully saturated rings. The first-order chi connectivity index (χ1) is 11.8. The van der Waals surface area contributed by atoms with Gasteiger partial charge >= 0.3 is 5.97 Å². The number of hydrogen-bond acceptors (Lipinski definition) is 4. The predicted molar refractivity (Wildman–Crippen MR) is 91.9 cm³/mol. The van der Waals surface area contributed by atoms with E-state index in [2.05, 4.69) is 10.3 Å². The highest BCUT2D eigenvalue weighted by molar-refractivity contribution is 6.00. The number of hydrogen-bond donors (Lipinski definition) is 3. The van der Waals surface area contributed by atoms with Crippen molar-refractivity contribution in [1.82, 2.24) is 10.3 Å². The van der Waals surface area contributed by atoms with Gasteiger partial charge in [-0.15, -0.1) is 0 Å². The number of nitrogens with one attached hydrogen (secondary N) is 2. The van der Waals surface area contributed by atoms with Gasteiger partial charge in [-0.3, -0.25) is 14.4 Å². The van der Waals surface area contributed by atoms with E-state index in [9.17, 15) is 14.4 Å². The molecule has 0 atom stereocenters. The monoisotopic (exact) mass is 346 g/mol. The summed E-state index contributed by atoms with van der Waals surface area (Å²) in [5.41, 5.74) is 3.43. The van der Waals surface area contributed by atoms with Crippen molar-refractivity contribution in [2.75, 3.05) is 7.11 Å². The van der Waals surface area contributed by atoms with Crippen molar-refractivity contribution in [3.05, 3.63) is 40.0 Å². The molecule has 3 N–H and O–H groups in total. The number of methoxy groups -OCH3 is 1. The SMILES string of the molecule is COC1=CC(=O)N/C1=C\c1[nH]c(C)c(C(=O)CCCCC(=O)O)c1C. The lowest BCUT2D eigenvalue weighted by molar-refractivity contribution is -0.137. The number of aromatic nitrogens is 1. The fourth-order valence-electron chi connectivity index (χ4n) is 2.87. The summed E-state index contributed by atoms with van der Waals surface area (Å²) in [6, 6.07) is 0. The fraction of sp³-hybridized carbons (Fsp3) is 0.389. The van der Waals surface area contributed by atoms with Crippen LogP contribution in [0, 0.1) is 13.8 Å². The molecule has 1 aliphatic rings. The molecule has 0 saturated carbocycles. The minimum Gasteiger partial charge on any atom is -0.494 e. The van der Waals surface area contributed by atoms with Gasteiger partial charge in [-0.25, -0.2) is 0 Å². The number of unbranched alkanes of at least 4 members (excludes halogenated alkanes) is 1. The molecule has 0 spiro atoms. The van der Waals surface area contributed by atoms with Crippen LogP contribution in [-0.2, 0) is 14.3 Å². The average molecular weight is 346 g/mol. The van der Waals surface area contributed by atoms with Crippen molar-refractivity contribution in [1.29, 1.82) is 0 Å². The topological polar surface area (TPSA) is 108 Å². The summed E-state index contributed by atoms with van der Waals surface area (Å²) >= 11 is 0. The number of carboxylic acid groups (broad SMARTS) is 1. The van der Waals surface area contributed by atoms with Gasteiger partial charge in [0.2, 0.25) is 0 Å². The van der Waals surface area contributed by atoms with Gasteiger partial charge in [-0.2, -0.15) is 0 Å². The van der Waals surface area contributed by atoms with Crippen LogP contribution in [-0.4, -0.2) is 34.9 Å². The second kappa shape index (κ2) is 7.83. The number of ether oxygens (including phenoxy) is 1. The van der Waals surface area contributed by atoms with Crippen LogP contribution in [0.5, 0.6) is 0 Å². The molecule has 0 unspecified atom stereocenters. The Hall–Kier alpha value is -2.83. The third kappa shape index (κ3) is 4.37. The number of carbonyl (C=O) groups excluding carboxylic acids is 2. The first-order valence-electron chi connectivity index (χ1n) is 8.06. The number of aliphatic carboxylic acids is 1. The van der Waals surface area contributed by atoms with E-state index in [1.807, 2.05) is 13.8 Å². The first kappa shape index (κ1) is 18.5. The van der Waals surface area contributed by atoms with E-state index < -0.39 is 5.97 Å². The van der Waals surface area contributed by atoms with E-state index in [-0.39, 0.29) is 18.1 Å². The van der Waals surface area contributed by atoms with Gasteiger partial charge in [0.1, 0.15) is 5.76 Å². The number of aromatic amines is 1. The molecule has 1 aromatic rings. The molecular formula is C18H22N2O5. The second-order valence-corrected chi connectivity index (χ2v) is 5.95. The first-order valence-corrected chi connectivity index (χ1v) is 8.06. The molecule has 0 saturated heterocycles. The number of aryl methyl sites for hydroxylation is 1. The zero-order valence-electron chi connectivity index (χ0n) is 14.6. The minimum atomic E-state index is -0.851. The molecule has 7 heteroatoms. The molecule has 0 aromatic carbocycles. The van der Waals surface area contributed by atoms with Gasteiger partial charge in [0.15, 0.2) is 5.78 Å². The smallest absolute Gasteiger partial charge is 0.303 e. The second-order valence-electron chi connectivity index (χ2n) is 5.95. The fourth-order valence-corrected chi connectivity index (χ4v) is 2.87. The van der Waals surface area contributed by atoms with E-state index in [0.717, 1.165) is 17.0 Å². The summed E-state index contributed by atoms with van der Waals surface area (Å²) in [5.74, 6) is -0.674. The standard InChI is InChI=1S/C18H22N2O5/c1-10-12(8-13-15(25-3)9-16(22)20-13)19-11(2)18(10)14(21)6-4-5-7-17(23)24/h8-9,19H,4-7H2,1-3H3,(H,20,22)(H,23,24)/b13-8-. The van der Waals surface area contributed by atoms with Crippen LogP contribution in [0.2, 0.25) is 0 Å². The lowest BCUT2D eigenvalue weighted by Crippen LogP contribution is -2.13. The summed E-state index contributed by atoms with van der Waals surface area (Å²) in [6.45, 7) is 3.66. The van der Waals surface area contributed by atoms with Gasteiger partial charge in [0.25, 0.3) is 5.91 Å². The largest absolute Gasteiger partial charge is 0.494 e. The van der Waals surface area contributed by atoms with Crippen LogP contribution in [0.3, 0.4) is 0 Å². The predicted octanol–water partition coefficient (Wildman–Crippen LogP) is 2.46. The molecule has 0 aliphatic carbocycles. The molecule has 2 heterocycles. The molecule has 0 radical (unpaired) electrons. The Morgan fingerprint density at radius 3 is 2.56 bits per heavy atom. The van der Waals surface area contributed by atoms with Crippen molar-refractivity contribution in [3.63, 3.8) is 0 Å². The minimum absolute atomic E-state index is 0.0146.